The predicted molar refractivity (Wildman–Crippen MR) is 75.2 cm³/mol. The molecule has 5 nitrogen and oxygen atoms in total. The molecule has 0 heterocycles. The van der Waals surface area contributed by atoms with Crippen LogP contribution in [0.3, 0.4) is 0 Å². The highest BCUT2D eigenvalue weighted by Gasteiger charge is 2.09. The third-order valence-corrected chi connectivity index (χ3v) is 3.41. The van der Waals surface area contributed by atoms with Crippen molar-refractivity contribution < 1.29 is 17.9 Å². The summed E-state index contributed by atoms with van der Waals surface area (Å²) in [5.74, 6) is 0.422. The van der Waals surface area contributed by atoms with E-state index in [9.17, 15) is 13.2 Å². The number of anilines is 1. The average molecular weight is 285 g/mol. The number of ether oxygens (including phenoxy) is 1. The fourth-order valence-electron chi connectivity index (χ4n) is 1.56. The standard InChI is InChI=1S/C13H19NO4S/c1-3-18-12-8-5-4-7-11(12)14-13(15)9-6-10-19(2,16)17/h4-5,7-8H,3,6,9-10H2,1-2H3,(H,14,15). The van der Waals surface area contributed by atoms with Crippen LogP contribution in [0.2, 0.25) is 0 Å². The zero-order valence-electron chi connectivity index (χ0n) is 11.2. The molecule has 0 spiro atoms. The molecule has 1 aromatic carbocycles. The van der Waals surface area contributed by atoms with Crippen LogP contribution >= 0.6 is 0 Å². The number of carbonyl (C=O) groups excluding carboxylic acids is 1. The predicted octanol–water partition coefficient (Wildman–Crippen LogP) is 1.85. The summed E-state index contributed by atoms with van der Waals surface area (Å²) < 4.78 is 27.3. The number of benzene rings is 1. The second kappa shape index (κ2) is 7.13. The van der Waals surface area contributed by atoms with Gasteiger partial charge in [0.25, 0.3) is 0 Å². The molecule has 1 amide bonds. The van der Waals surface area contributed by atoms with Crippen LogP contribution in [0.15, 0.2) is 24.3 Å². The van der Waals surface area contributed by atoms with Gasteiger partial charge in [-0.05, 0) is 25.5 Å². The van der Waals surface area contributed by atoms with Crippen molar-refractivity contribution in [2.45, 2.75) is 19.8 Å². The molecule has 0 fully saturated rings. The number of nitrogens with one attached hydrogen (secondary N) is 1. The van der Waals surface area contributed by atoms with Crippen molar-refractivity contribution in [3.63, 3.8) is 0 Å². The number of para-hydroxylation sites is 2. The lowest BCUT2D eigenvalue weighted by molar-refractivity contribution is -0.116. The minimum atomic E-state index is -3.01. The van der Waals surface area contributed by atoms with Gasteiger partial charge in [-0.15, -0.1) is 0 Å². The smallest absolute Gasteiger partial charge is 0.224 e. The van der Waals surface area contributed by atoms with Crippen molar-refractivity contribution in [2.75, 3.05) is 23.9 Å². The first-order valence-corrected chi connectivity index (χ1v) is 8.18. The molecule has 0 aliphatic heterocycles. The van der Waals surface area contributed by atoms with Gasteiger partial charge in [0, 0.05) is 12.7 Å². The van der Waals surface area contributed by atoms with Crippen LogP contribution in [0, 0.1) is 0 Å². The largest absolute Gasteiger partial charge is 0.492 e. The molecule has 6 heteroatoms. The fourth-order valence-corrected chi connectivity index (χ4v) is 2.23. The number of hydrogen-bond donors (Lipinski definition) is 1. The molecule has 0 radical (unpaired) electrons. The van der Waals surface area contributed by atoms with E-state index in [1.165, 1.54) is 0 Å². The molecular weight excluding hydrogens is 266 g/mol. The average Bonchev–Trinajstić information content (AvgIpc) is 2.30. The van der Waals surface area contributed by atoms with Crippen LogP contribution in [-0.2, 0) is 14.6 Å². The van der Waals surface area contributed by atoms with Gasteiger partial charge in [0.1, 0.15) is 15.6 Å². The highest BCUT2D eigenvalue weighted by atomic mass is 32.2. The second-order valence-corrected chi connectivity index (χ2v) is 6.47. The van der Waals surface area contributed by atoms with Crippen molar-refractivity contribution in [1.29, 1.82) is 0 Å². The number of rotatable bonds is 7. The highest BCUT2D eigenvalue weighted by Crippen LogP contribution is 2.23. The van der Waals surface area contributed by atoms with Crippen LogP contribution in [0.25, 0.3) is 0 Å². The minimum absolute atomic E-state index is 0.0214. The maximum atomic E-state index is 11.7. The van der Waals surface area contributed by atoms with Crippen LogP contribution in [0.5, 0.6) is 5.75 Å². The Hall–Kier alpha value is -1.56. The van der Waals surface area contributed by atoms with Gasteiger partial charge in [-0.3, -0.25) is 4.79 Å². The molecule has 0 aromatic heterocycles. The molecule has 0 atom stereocenters. The second-order valence-electron chi connectivity index (χ2n) is 4.21. The Labute approximate surface area is 113 Å². The Morgan fingerprint density at radius 2 is 2.00 bits per heavy atom. The van der Waals surface area contributed by atoms with Gasteiger partial charge in [-0.25, -0.2) is 8.42 Å². The SMILES string of the molecule is CCOc1ccccc1NC(=O)CCCS(C)(=O)=O. The Bertz CT molecular complexity index is 525. The molecule has 0 unspecified atom stereocenters. The molecule has 1 N–H and O–H groups in total. The van der Waals surface area contributed by atoms with Crippen LogP contribution in [0.1, 0.15) is 19.8 Å². The Morgan fingerprint density at radius 3 is 2.63 bits per heavy atom. The fraction of sp³-hybridized carbons (Fsp3) is 0.462. The minimum Gasteiger partial charge on any atom is -0.492 e. The molecule has 1 rings (SSSR count). The number of sulfone groups is 1. The first-order valence-electron chi connectivity index (χ1n) is 6.12. The number of hydrogen-bond acceptors (Lipinski definition) is 4. The summed E-state index contributed by atoms with van der Waals surface area (Å²) >= 11 is 0. The molecule has 1 aromatic rings. The lowest BCUT2D eigenvalue weighted by Gasteiger charge is -2.10. The Morgan fingerprint density at radius 1 is 1.32 bits per heavy atom. The lowest BCUT2D eigenvalue weighted by atomic mass is 10.2. The molecule has 0 aliphatic carbocycles. The van der Waals surface area contributed by atoms with E-state index in [0.29, 0.717) is 24.5 Å². The Kier molecular flexibility index (Phi) is 5.82. The van der Waals surface area contributed by atoms with Gasteiger partial charge in [0.2, 0.25) is 5.91 Å². The van der Waals surface area contributed by atoms with E-state index in [0.717, 1.165) is 6.26 Å². The molecule has 0 aliphatic rings. The topological polar surface area (TPSA) is 72.5 Å². The molecule has 0 bridgehead atoms. The van der Waals surface area contributed by atoms with E-state index >= 15 is 0 Å². The highest BCUT2D eigenvalue weighted by molar-refractivity contribution is 7.90. The lowest BCUT2D eigenvalue weighted by Crippen LogP contribution is -2.14. The molecule has 0 saturated heterocycles. The van der Waals surface area contributed by atoms with Crippen molar-refractivity contribution in [1.82, 2.24) is 0 Å². The molecule has 0 saturated carbocycles. The molecule has 19 heavy (non-hydrogen) atoms. The van der Waals surface area contributed by atoms with Gasteiger partial charge in [0.15, 0.2) is 0 Å². The van der Waals surface area contributed by atoms with Crippen LogP contribution in [-0.4, -0.2) is 32.9 Å². The third kappa shape index (κ3) is 6.24. The van der Waals surface area contributed by atoms with Gasteiger partial charge >= 0.3 is 0 Å². The first kappa shape index (κ1) is 15.5. The van der Waals surface area contributed by atoms with Crippen molar-refractivity contribution >= 4 is 21.4 Å². The van der Waals surface area contributed by atoms with Gasteiger partial charge in [-0.1, -0.05) is 12.1 Å². The van der Waals surface area contributed by atoms with E-state index in [4.69, 9.17) is 4.74 Å². The van der Waals surface area contributed by atoms with Crippen molar-refractivity contribution in [3.8, 4) is 5.75 Å². The zero-order chi connectivity index (χ0) is 14.3. The summed E-state index contributed by atoms with van der Waals surface area (Å²) in [7, 11) is -3.01. The summed E-state index contributed by atoms with van der Waals surface area (Å²) in [6, 6.07) is 7.15. The number of amides is 1. The summed E-state index contributed by atoms with van der Waals surface area (Å²) in [5.41, 5.74) is 0.605. The number of carbonyl (C=O) groups is 1. The maximum absolute atomic E-state index is 11.7. The van der Waals surface area contributed by atoms with E-state index in [2.05, 4.69) is 5.32 Å². The Balaban J connectivity index is 2.52. The first-order chi connectivity index (χ1) is 8.92. The van der Waals surface area contributed by atoms with Crippen LogP contribution in [0.4, 0.5) is 5.69 Å². The summed E-state index contributed by atoms with van der Waals surface area (Å²) in [5, 5.41) is 2.72. The molecule has 106 valence electrons. The maximum Gasteiger partial charge on any atom is 0.224 e. The third-order valence-electron chi connectivity index (χ3n) is 2.38. The summed E-state index contributed by atoms with van der Waals surface area (Å²) in [4.78, 5) is 11.7. The van der Waals surface area contributed by atoms with E-state index in [-0.39, 0.29) is 18.1 Å². The van der Waals surface area contributed by atoms with E-state index in [1.807, 2.05) is 13.0 Å². The summed E-state index contributed by atoms with van der Waals surface area (Å²) in [6.45, 7) is 2.38. The summed E-state index contributed by atoms with van der Waals surface area (Å²) in [6.07, 6.45) is 1.66. The zero-order valence-corrected chi connectivity index (χ0v) is 12.0. The van der Waals surface area contributed by atoms with Crippen molar-refractivity contribution in [2.24, 2.45) is 0 Å². The quantitative estimate of drug-likeness (QED) is 0.830. The normalized spacial score (nSPS) is 11.1. The molecular formula is C13H19NO4S. The van der Waals surface area contributed by atoms with Gasteiger partial charge < -0.3 is 10.1 Å². The van der Waals surface area contributed by atoms with Crippen molar-refractivity contribution in [3.05, 3.63) is 24.3 Å². The van der Waals surface area contributed by atoms with Crippen LogP contribution < -0.4 is 10.1 Å². The van der Waals surface area contributed by atoms with Gasteiger partial charge in [-0.2, -0.15) is 0 Å². The van der Waals surface area contributed by atoms with Gasteiger partial charge in [0.05, 0.1) is 18.0 Å². The van der Waals surface area contributed by atoms with E-state index in [1.54, 1.807) is 18.2 Å². The van der Waals surface area contributed by atoms with E-state index < -0.39 is 9.84 Å². The monoisotopic (exact) mass is 285 g/mol.